The second-order valence-corrected chi connectivity index (χ2v) is 11.5. The van der Waals surface area contributed by atoms with Crippen molar-refractivity contribution in [1.82, 2.24) is 0 Å². The number of carbonyl (C=O) groups excluding carboxylic acids is 2. The average molecular weight is 477 g/mol. The number of ether oxygens (including phenoxy) is 4. The number of carboxylic acid groups (broad SMARTS) is 1. The molecule has 2 N–H and O–H groups in total. The van der Waals surface area contributed by atoms with Crippen LogP contribution in [0, 0.1) is 17.3 Å². The summed E-state index contributed by atoms with van der Waals surface area (Å²) in [6.45, 7) is 6.42. The molecular formula is C25H32O9. The molecule has 9 nitrogen and oxygen atoms in total. The van der Waals surface area contributed by atoms with Crippen LogP contribution >= 0.6 is 0 Å². The maximum atomic E-state index is 12.8. The molecule has 0 amide bonds. The molecule has 3 heterocycles. The molecule has 6 aliphatic rings. The van der Waals surface area contributed by atoms with E-state index in [2.05, 4.69) is 6.92 Å². The summed E-state index contributed by atoms with van der Waals surface area (Å²) >= 11 is 0. The second kappa shape index (κ2) is 6.83. The van der Waals surface area contributed by atoms with E-state index in [1.54, 1.807) is 0 Å². The van der Waals surface area contributed by atoms with Gasteiger partial charge in [0.1, 0.15) is 35.6 Å². The normalized spacial score (nSPS) is 47.6. The number of fused-ring (bicyclic) bond motifs is 4. The second-order valence-electron chi connectivity index (χ2n) is 11.5. The highest BCUT2D eigenvalue weighted by atomic mass is 16.7. The summed E-state index contributed by atoms with van der Waals surface area (Å²) in [7, 11) is 0. The molecule has 0 aromatic carbocycles. The van der Waals surface area contributed by atoms with Gasteiger partial charge in [0.2, 0.25) is 0 Å². The molecule has 0 bridgehead atoms. The summed E-state index contributed by atoms with van der Waals surface area (Å²) in [5.74, 6) is -1.70. The van der Waals surface area contributed by atoms with Gasteiger partial charge in [0, 0.05) is 23.8 Å². The van der Waals surface area contributed by atoms with E-state index >= 15 is 0 Å². The number of carboxylic acids is 1. The molecule has 6 rings (SSSR count). The molecule has 34 heavy (non-hydrogen) atoms. The van der Waals surface area contributed by atoms with Gasteiger partial charge >= 0.3 is 17.9 Å². The predicted octanol–water partition coefficient (Wildman–Crippen LogP) is 1.89. The van der Waals surface area contributed by atoms with Crippen molar-refractivity contribution in [2.75, 3.05) is 6.61 Å². The lowest BCUT2D eigenvalue weighted by molar-refractivity contribution is -0.230. The minimum absolute atomic E-state index is 0.0207. The number of esters is 2. The Bertz CT molecular complexity index is 1020. The zero-order valence-corrected chi connectivity index (χ0v) is 19.8. The van der Waals surface area contributed by atoms with E-state index in [4.69, 9.17) is 24.1 Å². The van der Waals surface area contributed by atoms with Crippen LogP contribution in [0.2, 0.25) is 0 Å². The van der Waals surface area contributed by atoms with E-state index in [0.29, 0.717) is 32.3 Å². The Morgan fingerprint density at radius 2 is 1.94 bits per heavy atom. The van der Waals surface area contributed by atoms with Crippen LogP contribution in [0.1, 0.15) is 65.7 Å². The molecular weight excluding hydrogens is 444 g/mol. The highest BCUT2D eigenvalue weighted by Crippen LogP contribution is 2.78. The number of aliphatic carboxylic acids is 1. The van der Waals surface area contributed by atoms with E-state index in [9.17, 15) is 19.5 Å². The fraction of sp³-hybridized carbons (Fsp3) is 0.800. The van der Waals surface area contributed by atoms with E-state index in [-0.39, 0.29) is 49.3 Å². The van der Waals surface area contributed by atoms with E-state index in [1.165, 1.54) is 0 Å². The van der Waals surface area contributed by atoms with Crippen molar-refractivity contribution in [3.8, 4) is 0 Å². The smallest absolute Gasteiger partial charge is 0.334 e. The first-order valence-electron chi connectivity index (χ1n) is 12.4. The van der Waals surface area contributed by atoms with Gasteiger partial charge in [0.05, 0.1) is 0 Å². The van der Waals surface area contributed by atoms with Gasteiger partial charge in [-0.15, -0.1) is 0 Å². The topological polar surface area (TPSA) is 135 Å². The maximum Gasteiger partial charge on any atom is 0.334 e. The van der Waals surface area contributed by atoms with Crippen LogP contribution in [0.25, 0.3) is 0 Å². The number of carbonyl (C=O) groups is 3. The predicted molar refractivity (Wildman–Crippen MR) is 114 cm³/mol. The molecule has 186 valence electrons. The average Bonchev–Trinajstić information content (AvgIpc) is 3.65. The van der Waals surface area contributed by atoms with Crippen molar-refractivity contribution in [3.63, 3.8) is 0 Å². The Hall–Kier alpha value is -1.97. The van der Waals surface area contributed by atoms with Gasteiger partial charge in [0.15, 0.2) is 6.10 Å². The minimum atomic E-state index is -1.44. The van der Waals surface area contributed by atoms with Crippen LogP contribution in [-0.4, -0.2) is 69.8 Å². The molecule has 1 spiro atoms. The number of cyclic esters (lactones) is 1. The van der Waals surface area contributed by atoms with Crippen LogP contribution in [0.3, 0.4) is 0 Å². The molecule has 3 aliphatic heterocycles. The largest absolute Gasteiger partial charge is 0.481 e. The van der Waals surface area contributed by atoms with E-state index < -0.39 is 40.3 Å². The Morgan fingerprint density at radius 1 is 1.18 bits per heavy atom. The lowest BCUT2D eigenvalue weighted by Crippen LogP contribution is -2.74. The van der Waals surface area contributed by atoms with Gasteiger partial charge in [-0.1, -0.05) is 20.8 Å². The number of hydrogen-bond acceptors (Lipinski definition) is 8. The van der Waals surface area contributed by atoms with Crippen LogP contribution in [0.5, 0.6) is 0 Å². The Morgan fingerprint density at radius 3 is 2.65 bits per heavy atom. The monoisotopic (exact) mass is 476 g/mol. The fourth-order valence-electron chi connectivity index (χ4n) is 8.12. The third-order valence-electron chi connectivity index (χ3n) is 9.80. The summed E-state index contributed by atoms with van der Waals surface area (Å²) in [5, 5.41) is 21.3. The van der Waals surface area contributed by atoms with Crippen molar-refractivity contribution < 1.29 is 43.5 Å². The summed E-state index contributed by atoms with van der Waals surface area (Å²) in [6.07, 6.45) is 0.769. The molecule has 0 unspecified atom stereocenters. The van der Waals surface area contributed by atoms with Crippen molar-refractivity contribution in [3.05, 3.63) is 11.1 Å². The van der Waals surface area contributed by atoms with Crippen LogP contribution in [0.15, 0.2) is 11.1 Å². The van der Waals surface area contributed by atoms with Crippen LogP contribution < -0.4 is 0 Å². The molecule has 0 radical (unpaired) electrons. The van der Waals surface area contributed by atoms with Gasteiger partial charge in [-0.05, 0) is 49.5 Å². The van der Waals surface area contributed by atoms with Crippen molar-refractivity contribution in [2.24, 2.45) is 17.3 Å². The van der Waals surface area contributed by atoms with Crippen LogP contribution in [-0.2, 0) is 33.3 Å². The van der Waals surface area contributed by atoms with Gasteiger partial charge in [-0.25, -0.2) is 4.79 Å². The first-order valence-corrected chi connectivity index (χ1v) is 12.4. The first kappa shape index (κ1) is 22.5. The quantitative estimate of drug-likeness (QED) is 0.435. The summed E-state index contributed by atoms with van der Waals surface area (Å²) in [4.78, 5) is 35.9. The minimum Gasteiger partial charge on any atom is -0.481 e. The summed E-state index contributed by atoms with van der Waals surface area (Å²) in [6, 6.07) is 0. The number of hydrogen-bond donors (Lipinski definition) is 2. The Labute approximate surface area is 197 Å². The molecule has 9 heteroatoms. The SMILES string of the molecule is CC(C)[C@]12O[C@H]1[C@@H]1O[C@@]13[C@@]1(C)CCC4=C(COC4=O)[C@@H]1CC[C@@]3(O)[C@@H]2OC(=O)CCCC(=O)O. The van der Waals surface area contributed by atoms with Gasteiger partial charge in [-0.2, -0.15) is 0 Å². The van der Waals surface area contributed by atoms with Crippen molar-refractivity contribution >= 4 is 17.9 Å². The van der Waals surface area contributed by atoms with Gasteiger partial charge < -0.3 is 29.2 Å². The third kappa shape index (κ3) is 2.48. The molecule has 0 aromatic heterocycles. The number of epoxide rings is 2. The highest BCUT2D eigenvalue weighted by molar-refractivity contribution is 5.92. The Kier molecular flexibility index (Phi) is 4.52. The lowest BCUT2D eigenvalue weighted by Gasteiger charge is -2.59. The van der Waals surface area contributed by atoms with Crippen LogP contribution in [0.4, 0.5) is 0 Å². The van der Waals surface area contributed by atoms with Gasteiger partial charge in [-0.3, -0.25) is 9.59 Å². The Balaban J connectivity index is 1.36. The maximum absolute atomic E-state index is 12.8. The number of rotatable bonds is 6. The third-order valence-corrected chi connectivity index (χ3v) is 9.80. The lowest BCUT2D eigenvalue weighted by atomic mass is 9.45. The molecule has 4 fully saturated rings. The van der Waals surface area contributed by atoms with E-state index in [1.807, 2.05) is 13.8 Å². The zero-order chi connectivity index (χ0) is 24.3. The highest BCUT2D eigenvalue weighted by Gasteiger charge is 2.94. The fourth-order valence-corrected chi connectivity index (χ4v) is 8.12. The molecule has 0 aromatic rings. The first-order chi connectivity index (χ1) is 16.0. The molecule has 8 atom stereocenters. The zero-order valence-electron chi connectivity index (χ0n) is 19.8. The van der Waals surface area contributed by atoms with Crippen molar-refractivity contribution in [2.45, 2.75) is 101 Å². The van der Waals surface area contributed by atoms with Gasteiger partial charge in [0.25, 0.3) is 0 Å². The summed E-state index contributed by atoms with van der Waals surface area (Å²) in [5.41, 5.74) is -1.85. The molecule has 2 saturated carbocycles. The van der Waals surface area contributed by atoms with E-state index in [0.717, 1.165) is 11.1 Å². The van der Waals surface area contributed by atoms with Crippen molar-refractivity contribution in [1.29, 1.82) is 0 Å². The molecule has 2 saturated heterocycles. The standard InChI is InChI=1S/C25H32O9/c1-12(2)24-18(33-24)19-25(34-19)22(3)9-7-13-14(11-31-20(13)29)15(22)8-10-23(25,30)21(24)32-17(28)6-4-5-16(26)27/h12,15,18-19,21,30H,4-11H2,1-3H3,(H,26,27)/t15-,18-,19-,21-,22-,23+,24-,25+/m0/s1. The summed E-state index contributed by atoms with van der Waals surface area (Å²) < 4.78 is 24.1. The molecule has 3 aliphatic carbocycles. The number of aliphatic hydroxyl groups is 1.